The van der Waals surface area contributed by atoms with Gasteiger partial charge in [-0.15, -0.1) is 4.91 Å². The van der Waals surface area contributed by atoms with Crippen LogP contribution in [0.25, 0.3) is 11.0 Å². The molecule has 0 aliphatic rings. The van der Waals surface area contributed by atoms with E-state index in [1.807, 2.05) is 6.07 Å². The molecule has 1 aromatic heterocycles. The van der Waals surface area contributed by atoms with Crippen LogP contribution in [0.3, 0.4) is 0 Å². The number of aromatic nitrogens is 2. The molecule has 9 heteroatoms. The largest absolute Gasteiger partial charge is 0.337 e. The van der Waals surface area contributed by atoms with Crippen LogP contribution in [0.4, 0.5) is 23.0 Å². The molecule has 8 nitrogen and oxygen atoms in total. The SMILES string of the molecule is O=Nc1ccc(Nc2nc3ccccc3nc2NS(=O)(=O)c2ccccc2)cc1. The van der Waals surface area contributed by atoms with E-state index in [4.69, 9.17) is 0 Å². The Balaban J connectivity index is 1.76. The highest BCUT2D eigenvalue weighted by Gasteiger charge is 2.18. The van der Waals surface area contributed by atoms with Crippen molar-refractivity contribution in [1.29, 1.82) is 0 Å². The first-order valence-corrected chi connectivity index (χ1v) is 10.1. The van der Waals surface area contributed by atoms with Gasteiger partial charge in [0.05, 0.1) is 15.9 Å². The van der Waals surface area contributed by atoms with Gasteiger partial charge in [0.2, 0.25) is 0 Å². The average molecular weight is 405 g/mol. The van der Waals surface area contributed by atoms with Crippen LogP contribution in [-0.2, 0) is 10.0 Å². The molecular formula is C20H15N5O3S. The number of fused-ring (bicyclic) bond motifs is 1. The summed E-state index contributed by atoms with van der Waals surface area (Å²) >= 11 is 0. The van der Waals surface area contributed by atoms with E-state index in [1.54, 1.807) is 48.5 Å². The predicted molar refractivity (Wildman–Crippen MR) is 112 cm³/mol. The Morgan fingerprint density at radius 1 is 0.724 bits per heavy atom. The third kappa shape index (κ3) is 4.04. The monoisotopic (exact) mass is 405 g/mol. The summed E-state index contributed by atoms with van der Waals surface area (Å²) in [5.74, 6) is 0.292. The smallest absolute Gasteiger partial charge is 0.263 e. The maximum Gasteiger partial charge on any atom is 0.263 e. The van der Waals surface area contributed by atoms with Gasteiger partial charge in [-0.05, 0) is 53.7 Å². The summed E-state index contributed by atoms with van der Waals surface area (Å²) in [6.07, 6.45) is 0. The lowest BCUT2D eigenvalue weighted by molar-refractivity contribution is 0.601. The fourth-order valence-electron chi connectivity index (χ4n) is 2.69. The Bertz CT molecular complexity index is 1280. The summed E-state index contributed by atoms with van der Waals surface area (Å²) < 4.78 is 28.0. The van der Waals surface area contributed by atoms with Gasteiger partial charge < -0.3 is 5.32 Å². The molecule has 0 atom stereocenters. The van der Waals surface area contributed by atoms with Crippen molar-refractivity contribution in [3.8, 4) is 0 Å². The fraction of sp³-hybridized carbons (Fsp3) is 0. The second kappa shape index (κ2) is 7.64. The van der Waals surface area contributed by atoms with Crippen molar-refractivity contribution < 1.29 is 8.42 Å². The second-order valence-corrected chi connectivity index (χ2v) is 7.77. The molecule has 0 saturated carbocycles. The number of anilines is 3. The number of hydrogen-bond donors (Lipinski definition) is 2. The van der Waals surface area contributed by atoms with Gasteiger partial charge in [-0.3, -0.25) is 4.72 Å². The highest BCUT2D eigenvalue weighted by Crippen LogP contribution is 2.27. The second-order valence-electron chi connectivity index (χ2n) is 6.09. The van der Waals surface area contributed by atoms with Crippen molar-refractivity contribution in [3.05, 3.63) is 83.8 Å². The molecule has 144 valence electrons. The molecule has 0 bridgehead atoms. The van der Waals surface area contributed by atoms with Crippen molar-refractivity contribution in [3.63, 3.8) is 0 Å². The first-order valence-electron chi connectivity index (χ1n) is 8.60. The molecule has 0 radical (unpaired) electrons. The van der Waals surface area contributed by atoms with Gasteiger partial charge in [-0.25, -0.2) is 18.4 Å². The van der Waals surface area contributed by atoms with Crippen molar-refractivity contribution in [1.82, 2.24) is 9.97 Å². The topological polar surface area (TPSA) is 113 Å². The molecule has 0 amide bonds. The van der Waals surface area contributed by atoms with Crippen molar-refractivity contribution in [2.75, 3.05) is 10.0 Å². The van der Waals surface area contributed by atoms with E-state index < -0.39 is 10.0 Å². The number of nitrogens with zero attached hydrogens (tertiary/aromatic N) is 3. The van der Waals surface area contributed by atoms with E-state index in [-0.39, 0.29) is 22.2 Å². The zero-order valence-corrected chi connectivity index (χ0v) is 15.8. The predicted octanol–water partition coefficient (Wildman–Crippen LogP) is 4.57. The Kier molecular flexibility index (Phi) is 4.88. The van der Waals surface area contributed by atoms with Crippen LogP contribution >= 0.6 is 0 Å². The summed E-state index contributed by atoms with van der Waals surface area (Å²) in [7, 11) is -3.86. The maximum absolute atomic E-state index is 12.8. The third-order valence-electron chi connectivity index (χ3n) is 4.09. The highest BCUT2D eigenvalue weighted by molar-refractivity contribution is 7.92. The van der Waals surface area contributed by atoms with Gasteiger partial charge in [-0.2, -0.15) is 0 Å². The lowest BCUT2D eigenvalue weighted by Crippen LogP contribution is -2.15. The lowest BCUT2D eigenvalue weighted by atomic mass is 10.3. The molecule has 0 saturated heterocycles. The number of benzene rings is 3. The van der Waals surface area contributed by atoms with E-state index in [0.717, 1.165) is 0 Å². The Hall–Kier alpha value is -3.85. The van der Waals surface area contributed by atoms with Crippen molar-refractivity contribution in [2.45, 2.75) is 4.90 Å². The van der Waals surface area contributed by atoms with Crippen molar-refractivity contribution >= 4 is 44.1 Å². The normalized spacial score (nSPS) is 11.2. The summed E-state index contributed by atoms with van der Waals surface area (Å²) in [5.41, 5.74) is 2.03. The summed E-state index contributed by atoms with van der Waals surface area (Å²) in [4.78, 5) is 19.6. The third-order valence-corrected chi connectivity index (χ3v) is 5.45. The maximum atomic E-state index is 12.8. The zero-order chi connectivity index (χ0) is 20.3. The molecule has 0 fully saturated rings. The first kappa shape index (κ1) is 18.5. The van der Waals surface area contributed by atoms with E-state index >= 15 is 0 Å². The van der Waals surface area contributed by atoms with Crippen LogP contribution in [0.5, 0.6) is 0 Å². The summed E-state index contributed by atoms with van der Waals surface area (Å²) in [6.45, 7) is 0. The first-order chi connectivity index (χ1) is 14.0. The van der Waals surface area contributed by atoms with Crippen molar-refractivity contribution in [2.24, 2.45) is 5.18 Å². The van der Waals surface area contributed by atoms with Crippen LogP contribution in [0.1, 0.15) is 0 Å². The molecule has 0 aliphatic carbocycles. The molecule has 0 spiro atoms. The van der Waals surface area contributed by atoms with Gasteiger partial charge in [0.15, 0.2) is 11.6 Å². The minimum Gasteiger partial charge on any atom is -0.337 e. The number of rotatable bonds is 6. The van der Waals surface area contributed by atoms with Gasteiger partial charge in [0.25, 0.3) is 10.0 Å². The average Bonchev–Trinajstić information content (AvgIpc) is 2.75. The molecule has 0 unspecified atom stereocenters. The standard InChI is InChI=1S/C20H15N5O3S/c26-24-15-12-10-14(11-13-15)21-19-20(23-18-9-5-4-8-17(18)22-19)25-29(27,28)16-6-2-1-3-7-16/h1-13H,(H,21,22)(H,23,25). The molecule has 1 heterocycles. The van der Waals surface area contributed by atoms with Gasteiger partial charge >= 0.3 is 0 Å². The van der Waals surface area contributed by atoms with E-state index in [1.165, 1.54) is 24.3 Å². The fourth-order valence-corrected chi connectivity index (χ4v) is 3.72. The van der Waals surface area contributed by atoms with Crippen LogP contribution in [0, 0.1) is 4.91 Å². The number of para-hydroxylation sites is 2. The molecular weight excluding hydrogens is 390 g/mol. The minimum atomic E-state index is -3.86. The quantitative estimate of drug-likeness (QED) is 0.454. The highest BCUT2D eigenvalue weighted by atomic mass is 32.2. The molecule has 29 heavy (non-hydrogen) atoms. The minimum absolute atomic E-state index is 0.0603. The van der Waals surface area contributed by atoms with Crippen LogP contribution in [0.15, 0.2) is 88.9 Å². The van der Waals surface area contributed by atoms with Gasteiger partial charge in [0, 0.05) is 5.69 Å². The Morgan fingerprint density at radius 3 is 1.93 bits per heavy atom. The molecule has 2 N–H and O–H groups in total. The number of nitrogens with one attached hydrogen (secondary N) is 2. The number of nitroso groups, excluding NO2 is 1. The van der Waals surface area contributed by atoms with Crippen LogP contribution < -0.4 is 10.0 Å². The molecule has 4 aromatic rings. The number of sulfonamides is 1. The lowest BCUT2D eigenvalue weighted by Gasteiger charge is -2.14. The Labute approximate surface area is 166 Å². The number of hydrogen-bond acceptors (Lipinski definition) is 7. The van der Waals surface area contributed by atoms with E-state index in [9.17, 15) is 13.3 Å². The molecule has 0 aliphatic heterocycles. The van der Waals surface area contributed by atoms with Crippen LogP contribution in [0.2, 0.25) is 0 Å². The van der Waals surface area contributed by atoms with E-state index in [2.05, 4.69) is 25.2 Å². The molecule has 3 aromatic carbocycles. The summed E-state index contributed by atoms with van der Waals surface area (Å²) in [5, 5.41) is 5.91. The Morgan fingerprint density at radius 2 is 1.31 bits per heavy atom. The zero-order valence-electron chi connectivity index (χ0n) is 15.0. The van der Waals surface area contributed by atoms with Crippen LogP contribution in [-0.4, -0.2) is 18.4 Å². The molecule has 4 rings (SSSR count). The van der Waals surface area contributed by atoms with Gasteiger partial charge in [0.1, 0.15) is 5.69 Å². The summed E-state index contributed by atoms with van der Waals surface area (Å²) in [6, 6.07) is 21.5. The van der Waals surface area contributed by atoms with Gasteiger partial charge in [-0.1, -0.05) is 30.3 Å². The van der Waals surface area contributed by atoms with E-state index in [0.29, 0.717) is 16.7 Å².